The number of fused-ring (bicyclic) bond motifs is 1. The van der Waals surface area contributed by atoms with Crippen molar-refractivity contribution in [3.8, 4) is 0 Å². The predicted molar refractivity (Wildman–Crippen MR) is 81.9 cm³/mol. The summed E-state index contributed by atoms with van der Waals surface area (Å²) in [5.41, 5.74) is 2.12. The fourth-order valence-electron chi connectivity index (χ4n) is 1.90. The van der Waals surface area contributed by atoms with Crippen LogP contribution in [0.25, 0.3) is 22.4 Å². The van der Waals surface area contributed by atoms with Crippen molar-refractivity contribution in [1.29, 1.82) is 0 Å². The lowest BCUT2D eigenvalue weighted by Gasteiger charge is -1.96. The summed E-state index contributed by atoms with van der Waals surface area (Å²) < 4.78 is 1.14. The van der Waals surface area contributed by atoms with Crippen LogP contribution in [0.2, 0.25) is 0 Å². The van der Waals surface area contributed by atoms with E-state index >= 15 is 0 Å². The zero-order chi connectivity index (χ0) is 13.9. The molecular formula is C16H11NO2S. The minimum Gasteiger partial charge on any atom is -0.478 e. The molecule has 0 saturated carbocycles. The molecule has 0 bridgehead atoms. The zero-order valence-electron chi connectivity index (χ0n) is 10.5. The summed E-state index contributed by atoms with van der Waals surface area (Å²) >= 11 is 1.61. The fourth-order valence-corrected chi connectivity index (χ4v) is 2.77. The number of hydrogen-bond donors (Lipinski definition) is 1. The van der Waals surface area contributed by atoms with Gasteiger partial charge in [0.1, 0.15) is 5.01 Å². The Kier molecular flexibility index (Phi) is 3.31. The molecule has 2 aromatic carbocycles. The van der Waals surface area contributed by atoms with E-state index in [2.05, 4.69) is 4.98 Å². The van der Waals surface area contributed by atoms with Crippen molar-refractivity contribution in [1.82, 2.24) is 4.98 Å². The largest absolute Gasteiger partial charge is 0.478 e. The summed E-state index contributed by atoms with van der Waals surface area (Å²) in [6.45, 7) is 0. The van der Waals surface area contributed by atoms with Crippen LogP contribution in [0.1, 0.15) is 20.9 Å². The fraction of sp³-hybridized carbons (Fsp3) is 0. The van der Waals surface area contributed by atoms with Gasteiger partial charge in [-0.1, -0.05) is 30.3 Å². The Morgan fingerprint density at radius 3 is 2.75 bits per heavy atom. The molecule has 0 amide bonds. The third-order valence-electron chi connectivity index (χ3n) is 2.86. The van der Waals surface area contributed by atoms with Crippen LogP contribution in [0.15, 0.2) is 48.5 Å². The number of nitrogens with zero attached hydrogens (tertiary/aromatic N) is 1. The molecule has 1 heterocycles. The number of carboxylic acids is 1. The van der Waals surface area contributed by atoms with Crippen molar-refractivity contribution >= 4 is 39.7 Å². The number of hydrogen-bond acceptors (Lipinski definition) is 3. The number of aromatic nitrogens is 1. The van der Waals surface area contributed by atoms with Gasteiger partial charge in [0.25, 0.3) is 0 Å². The first-order chi connectivity index (χ1) is 9.72. The summed E-state index contributed by atoms with van der Waals surface area (Å²) in [4.78, 5) is 15.4. The standard InChI is InChI=1S/C16H11NO2S/c18-16(19)12-5-3-4-11(10-12)8-9-15-17-13-6-1-2-7-14(13)20-15/h1-10H,(H,18,19). The second kappa shape index (κ2) is 5.27. The van der Waals surface area contributed by atoms with Crippen molar-refractivity contribution in [3.05, 3.63) is 64.7 Å². The maximum atomic E-state index is 10.9. The average Bonchev–Trinajstić information content (AvgIpc) is 2.88. The number of carbonyl (C=O) groups is 1. The van der Waals surface area contributed by atoms with E-state index in [-0.39, 0.29) is 5.56 Å². The summed E-state index contributed by atoms with van der Waals surface area (Å²) in [5, 5.41) is 9.86. The quantitative estimate of drug-likeness (QED) is 0.784. The van der Waals surface area contributed by atoms with Crippen LogP contribution in [0.5, 0.6) is 0 Å². The monoisotopic (exact) mass is 281 g/mol. The zero-order valence-corrected chi connectivity index (χ0v) is 11.3. The Morgan fingerprint density at radius 2 is 1.95 bits per heavy atom. The summed E-state index contributed by atoms with van der Waals surface area (Å²) in [6.07, 6.45) is 3.79. The van der Waals surface area contributed by atoms with Gasteiger partial charge >= 0.3 is 5.97 Å². The number of rotatable bonds is 3. The highest BCUT2D eigenvalue weighted by molar-refractivity contribution is 7.19. The van der Waals surface area contributed by atoms with Gasteiger partial charge in [0, 0.05) is 0 Å². The van der Waals surface area contributed by atoms with Crippen molar-refractivity contribution in [2.24, 2.45) is 0 Å². The highest BCUT2D eigenvalue weighted by atomic mass is 32.1. The lowest BCUT2D eigenvalue weighted by atomic mass is 10.1. The number of aromatic carboxylic acids is 1. The summed E-state index contributed by atoms with van der Waals surface area (Å²) in [5.74, 6) is -0.916. The number of carboxylic acid groups (broad SMARTS) is 1. The molecule has 0 atom stereocenters. The smallest absolute Gasteiger partial charge is 0.335 e. The van der Waals surface area contributed by atoms with Crippen LogP contribution in [0.4, 0.5) is 0 Å². The third-order valence-corrected chi connectivity index (χ3v) is 3.86. The second-order valence-electron chi connectivity index (χ2n) is 4.28. The molecule has 0 aliphatic rings. The molecule has 4 heteroatoms. The molecule has 0 fully saturated rings. The van der Waals surface area contributed by atoms with E-state index in [4.69, 9.17) is 5.11 Å². The van der Waals surface area contributed by atoms with E-state index in [9.17, 15) is 4.79 Å². The molecule has 3 nitrogen and oxygen atoms in total. The highest BCUT2D eigenvalue weighted by Crippen LogP contribution is 2.23. The van der Waals surface area contributed by atoms with Gasteiger partial charge in [-0.3, -0.25) is 0 Å². The van der Waals surface area contributed by atoms with E-state index in [1.807, 2.05) is 42.5 Å². The SMILES string of the molecule is O=C(O)c1cccc(C=Cc2nc3ccccc3s2)c1. The topological polar surface area (TPSA) is 50.2 Å². The van der Waals surface area contributed by atoms with Crippen LogP contribution in [0, 0.1) is 0 Å². The van der Waals surface area contributed by atoms with Crippen molar-refractivity contribution in [3.63, 3.8) is 0 Å². The van der Waals surface area contributed by atoms with Gasteiger partial charge in [-0.25, -0.2) is 9.78 Å². The Hall–Kier alpha value is -2.46. The molecule has 98 valence electrons. The molecule has 0 spiro atoms. The van der Waals surface area contributed by atoms with Crippen LogP contribution in [-0.2, 0) is 0 Å². The molecule has 0 radical (unpaired) electrons. The number of thiazole rings is 1. The maximum absolute atomic E-state index is 10.9. The molecule has 1 N–H and O–H groups in total. The molecule has 20 heavy (non-hydrogen) atoms. The van der Waals surface area contributed by atoms with Crippen LogP contribution in [-0.4, -0.2) is 16.1 Å². The maximum Gasteiger partial charge on any atom is 0.335 e. The lowest BCUT2D eigenvalue weighted by Crippen LogP contribution is -1.95. The van der Waals surface area contributed by atoms with Gasteiger partial charge in [-0.05, 0) is 35.9 Å². The van der Waals surface area contributed by atoms with Gasteiger partial charge in [-0.2, -0.15) is 0 Å². The van der Waals surface area contributed by atoms with Crippen molar-refractivity contribution in [2.75, 3.05) is 0 Å². The summed E-state index contributed by atoms with van der Waals surface area (Å²) in [7, 11) is 0. The normalized spacial score (nSPS) is 11.2. The third kappa shape index (κ3) is 2.60. The van der Waals surface area contributed by atoms with Crippen LogP contribution >= 0.6 is 11.3 Å². The van der Waals surface area contributed by atoms with Gasteiger partial charge in [0.2, 0.25) is 0 Å². The molecule has 1 aromatic heterocycles. The average molecular weight is 281 g/mol. The lowest BCUT2D eigenvalue weighted by molar-refractivity contribution is 0.0697. The molecule has 3 rings (SSSR count). The highest BCUT2D eigenvalue weighted by Gasteiger charge is 2.02. The molecule has 0 unspecified atom stereocenters. The molecular weight excluding hydrogens is 270 g/mol. The number of benzene rings is 2. The Balaban J connectivity index is 1.89. The van der Waals surface area contributed by atoms with Gasteiger partial charge in [-0.15, -0.1) is 11.3 Å². The van der Waals surface area contributed by atoms with E-state index in [0.717, 1.165) is 20.8 Å². The van der Waals surface area contributed by atoms with E-state index in [1.165, 1.54) is 0 Å². The Bertz CT molecular complexity index is 772. The number of para-hydroxylation sites is 1. The second-order valence-corrected chi connectivity index (χ2v) is 5.35. The molecule has 0 saturated heterocycles. The first kappa shape index (κ1) is 12.6. The van der Waals surface area contributed by atoms with E-state index in [0.29, 0.717) is 0 Å². The molecule has 0 aliphatic heterocycles. The minimum absolute atomic E-state index is 0.288. The van der Waals surface area contributed by atoms with Crippen LogP contribution < -0.4 is 0 Å². The Labute approximate surface area is 119 Å². The van der Waals surface area contributed by atoms with E-state index < -0.39 is 5.97 Å². The van der Waals surface area contributed by atoms with Crippen molar-refractivity contribution < 1.29 is 9.90 Å². The van der Waals surface area contributed by atoms with Crippen molar-refractivity contribution in [2.45, 2.75) is 0 Å². The first-order valence-electron chi connectivity index (χ1n) is 6.09. The molecule has 0 aliphatic carbocycles. The summed E-state index contributed by atoms with van der Waals surface area (Å²) in [6, 6.07) is 14.8. The van der Waals surface area contributed by atoms with E-state index in [1.54, 1.807) is 29.5 Å². The van der Waals surface area contributed by atoms with Crippen LogP contribution in [0.3, 0.4) is 0 Å². The van der Waals surface area contributed by atoms with Gasteiger partial charge < -0.3 is 5.11 Å². The van der Waals surface area contributed by atoms with Gasteiger partial charge in [0.05, 0.1) is 15.8 Å². The Morgan fingerprint density at radius 1 is 1.10 bits per heavy atom. The first-order valence-corrected chi connectivity index (χ1v) is 6.91. The van der Waals surface area contributed by atoms with Gasteiger partial charge in [0.15, 0.2) is 0 Å². The molecule has 3 aromatic rings. The predicted octanol–water partition coefficient (Wildman–Crippen LogP) is 4.16. The minimum atomic E-state index is -0.916.